The zero-order valence-corrected chi connectivity index (χ0v) is 16.3. The van der Waals surface area contributed by atoms with Crippen LogP contribution < -0.4 is 19.1 Å². The van der Waals surface area contributed by atoms with Gasteiger partial charge >= 0.3 is 0 Å². The summed E-state index contributed by atoms with van der Waals surface area (Å²) in [5, 5.41) is 0. The third kappa shape index (κ3) is 3.85. The van der Waals surface area contributed by atoms with Gasteiger partial charge in [0.25, 0.3) is 0 Å². The third-order valence-corrected chi connectivity index (χ3v) is 5.81. The van der Waals surface area contributed by atoms with Crippen LogP contribution in [0.25, 0.3) is 0 Å². The van der Waals surface area contributed by atoms with Crippen molar-refractivity contribution >= 4 is 27.5 Å². The minimum Gasteiger partial charge on any atom is -0.496 e. The monoisotopic (exact) mass is 404 g/mol. The number of benzene rings is 2. The van der Waals surface area contributed by atoms with Crippen LogP contribution in [0.2, 0.25) is 0 Å². The van der Waals surface area contributed by atoms with E-state index in [2.05, 4.69) is 4.72 Å². The Morgan fingerprint density at radius 3 is 2.25 bits per heavy atom. The minimum absolute atomic E-state index is 0.00129. The van der Waals surface area contributed by atoms with Gasteiger partial charge in [-0.3, -0.25) is 14.5 Å². The topological polar surface area (TPSA) is 102 Å². The summed E-state index contributed by atoms with van der Waals surface area (Å²) >= 11 is 0. The number of rotatable bonds is 7. The molecule has 1 aliphatic rings. The first-order valence-electron chi connectivity index (χ1n) is 8.52. The van der Waals surface area contributed by atoms with Crippen LogP contribution in [-0.2, 0) is 26.2 Å². The molecule has 0 atom stereocenters. The molecular formula is C19H20N2O6S. The van der Waals surface area contributed by atoms with E-state index < -0.39 is 10.0 Å². The minimum atomic E-state index is -3.99. The van der Waals surface area contributed by atoms with Gasteiger partial charge in [0.1, 0.15) is 16.4 Å². The van der Waals surface area contributed by atoms with Crippen LogP contribution in [-0.4, -0.2) is 34.5 Å². The predicted molar refractivity (Wildman–Crippen MR) is 102 cm³/mol. The maximum atomic E-state index is 12.9. The Morgan fingerprint density at radius 1 is 0.964 bits per heavy atom. The molecule has 8 nitrogen and oxygen atoms in total. The molecule has 0 radical (unpaired) electrons. The highest BCUT2D eigenvalue weighted by Crippen LogP contribution is 2.31. The SMILES string of the molecule is COc1ccccc1CNS(=O)(=O)c1cc(N2C(=O)CCC2=O)ccc1OC. The smallest absolute Gasteiger partial charge is 0.244 e. The maximum Gasteiger partial charge on any atom is 0.244 e. The Hall–Kier alpha value is -2.91. The zero-order valence-electron chi connectivity index (χ0n) is 15.5. The quantitative estimate of drug-likeness (QED) is 0.707. The predicted octanol–water partition coefficient (Wildman–Crippen LogP) is 1.84. The Kier molecular flexibility index (Phi) is 5.66. The van der Waals surface area contributed by atoms with Crippen molar-refractivity contribution in [3.8, 4) is 11.5 Å². The summed E-state index contributed by atoms with van der Waals surface area (Å²) in [5.41, 5.74) is 0.861. The van der Waals surface area contributed by atoms with Crippen molar-refractivity contribution in [1.82, 2.24) is 4.72 Å². The lowest BCUT2D eigenvalue weighted by Gasteiger charge is -2.17. The van der Waals surface area contributed by atoms with Gasteiger partial charge in [-0.05, 0) is 24.3 Å². The fourth-order valence-electron chi connectivity index (χ4n) is 2.98. The summed E-state index contributed by atoms with van der Waals surface area (Å²) in [6.45, 7) is 0.00129. The van der Waals surface area contributed by atoms with Crippen LogP contribution in [0, 0.1) is 0 Å². The Bertz CT molecular complexity index is 1000. The first-order chi connectivity index (χ1) is 13.4. The molecule has 0 spiro atoms. The van der Waals surface area contributed by atoms with E-state index in [0.29, 0.717) is 11.3 Å². The summed E-state index contributed by atoms with van der Waals surface area (Å²) in [7, 11) is -1.14. The lowest BCUT2D eigenvalue weighted by Crippen LogP contribution is -2.29. The first-order valence-corrected chi connectivity index (χ1v) is 10.0. The number of nitrogens with zero attached hydrogens (tertiary/aromatic N) is 1. The second-order valence-electron chi connectivity index (χ2n) is 6.09. The first kappa shape index (κ1) is 19.8. The molecule has 3 rings (SSSR count). The largest absolute Gasteiger partial charge is 0.496 e. The van der Waals surface area contributed by atoms with Gasteiger partial charge in [0.2, 0.25) is 21.8 Å². The molecule has 2 amide bonds. The second-order valence-corrected chi connectivity index (χ2v) is 7.83. The number of hydrogen-bond donors (Lipinski definition) is 1. The van der Waals surface area contributed by atoms with Gasteiger partial charge in [-0.25, -0.2) is 13.1 Å². The summed E-state index contributed by atoms with van der Waals surface area (Å²) < 4.78 is 38.7. The van der Waals surface area contributed by atoms with Crippen LogP contribution in [0.5, 0.6) is 11.5 Å². The van der Waals surface area contributed by atoms with Gasteiger partial charge in [0.05, 0.1) is 19.9 Å². The number of anilines is 1. The summed E-state index contributed by atoms with van der Waals surface area (Å²) in [6, 6.07) is 11.2. The number of para-hydroxylation sites is 1. The molecule has 9 heteroatoms. The zero-order chi connectivity index (χ0) is 20.3. The number of nitrogens with one attached hydrogen (secondary N) is 1. The van der Waals surface area contributed by atoms with Gasteiger partial charge in [0, 0.05) is 24.9 Å². The highest BCUT2D eigenvalue weighted by molar-refractivity contribution is 7.89. The molecule has 1 aliphatic heterocycles. The number of hydrogen-bond acceptors (Lipinski definition) is 6. The van der Waals surface area contributed by atoms with E-state index in [4.69, 9.17) is 9.47 Å². The number of carbonyl (C=O) groups excluding carboxylic acids is 2. The van der Waals surface area contributed by atoms with Gasteiger partial charge in [0.15, 0.2) is 0 Å². The molecule has 2 aromatic rings. The van der Waals surface area contributed by atoms with Crippen molar-refractivity contribution in [3.63, 3.8) is 0 Å². The molecule has 0 bridgehead atoms. The Morgan fingerprint density at radius 2 is 1.61 bits per heavy atom. The van der Waals surface area contributed by atoms with E-state index in [-0.39, 0.29) is 47.5 Å². The fraction of sp³-hybridized carbons (Fsp3) is 0.263. The van der Waals surface area contributed by atoms with Crippen molar-refractivity contribution < 1.29 is 27.5 Å². The molecule has 0 aliphatic carbocycles. The van der Waals surface area contributed by atoms with Gasteiger partial charge in [-0.2, -0.15) is 0 Å². The molecule has 148 valence electrons. The standard InChI is InChI=1S/C19H20N2O6S/c1-26-15-6-4-3-5-13(15)12-20-28(24,25)17-11-14(7-8-16(17)27-2)21-18(22)9-10-19(21)23/h3-8,11,20H,9-10,12H2,1-2H3. The molecule has 28 heavy (non-hydrogen) atoms. The number of methoxy groups -OCH3 is 2. The van der Waals surface area contributed by atoms with E-state index in [9.17, 15) is 18.0 Å². The van der Waals surface area contributed by atoms with Crippen LogP contribution in [0.4, 0.5) is 5.69 Å². The number of sulfonamides is 1. The summed E-state index contributed by atoms with van der Waals surface area (Å²) in [6.07, 6.45) is 0.220. The molecule has 1 fully saturated rings. The van der Waals surface area contributed by atoms with Crippen molar-refractivity contribution in [2.75, 3.05) is 19.1 Å². The number of imide groups is 1. The van der Waals surface area contributed by atoms with E-state index in [0.717, 1.165) is 4.90 Å². The van der Waals surface area contributed by atoms with Crippen LogP contribution in [0.1, 0.15) is 18.4 Å². The van der Waals surface area contributed by atoms with E-state index in [1.165, 1.54) is 32.4 Å². The van der Waals surface area contributed by atoms with E-state index in [1.807, 2.05) is 0 Å². The molecule has 0 saturated carbocycles. The molecule has 1 heterocycles. The average molecular weight is 404 g/mol. The highest BCUT2D eigenvalue weighted by atomic mass is 32.2. The lowest BCUT2D eigenvalue weighted by atomic mass is 10.2. The van der Waals surface area contributed by atoms with Gasteiger partial charge in [-0.1, -0.05) is 18.2 Å². The number of amides is 2. The number of carbonyl (C=O) groups is 2. The summed E-state index contributed by atoms with van der Waals surface area (Å²) in [5.74, 6) is -0.0597. The molecule has 0 unspecified atom stereocenters. The van der Waals surface area contributed by atoms with Crippen molar-refractivity contribution in [2.24, 2.45) is 0 Å². The van der Waals surface area contributed by atoms with Crippen LogP contribution >= 0.6 is 0 Å². The van der Waals surface area contributed by atoms with Gasteiger partial charge < -0.3 is 9.47 Å². The number of ether oxygens (including phenoxy) is 2. The molecule has 0 aromatic heterocycles. The van der Waals surface area contributed by atoms with Crippen LogP contribution in [0.15, 0.2) is 47.4 Å². The molecule has 1 saturated heterocycles. The normalized spacial score (nSPS) is 14.4. The highest BCUT2D eigenvalue weighted by Gasteiger charge is 2.32. The van der Waals surface area contributed by atoms with Crippen LogP contribution in [0.3, 0.4) is 0 Å². The van der Waals surface area contributed by atoms with Crippen molar-refractivity contribution in [3.05, 3.63) is 48.0 Å². The third-order valence-electron chi connectivity index (χ3n) is 4.39. The molecule has 2 aromatic carbocycles. The Balaban J connectivity index is 1.93. The fourth-order valence-corrected chi connectivity index (χ4v) is 4.17. The summed E-state index contributed by atoms with van der Waals surface area (Å²) in [4.78, 5) is 24.8. The second kappa shape index (κ2) is 7.99. The molecule has 1 N–H and O–H groups in total. The molecular weight excluding hydrogens is 384 g/mol. The average Bonchev–Trinajstić information content (AvgIpc) is 3.04. The van der Waals surface area contributed by atoms with Crippen molar-refractivity contribution in [2.45, 2.75) is 24.3 Å². The maximum absolute atomic E-state index is 12.9. The van der Waals surface area contributed by atoms with E-state index in [1.54, 1.807) is 24.3 Å². The van der Waals surface area contributed by atoms with Crippen molar-refractivity contribution in [1.29, 1.82) is 0 Å². The lowest BCUT2D eigenvalue weighted by molar-refractivity contribution is -0.121. The van der Waals surface area contributed by atoms with Gasteiger partial charge in [-0.15, -0.1) is 0 Å². The van der Waals surface area contributed by atoms with E-state index >= 15 is 0 Å². The Labute approximate surface area is 163 Å².